The minimum Gasteiger partial charge on any atom is -0.309 e. The summed E-state index contributed by atoms with van der Waals surface area (Å²) in [6.07, 6.45) is 0. The first-order valence-corrected chi connectivity index (χ1v) is 7.44. The molecule has 0 unspecified atom stereocenters. The zero-order valence-electron chi connectivity index (χ0n) is 8.98. The zero-order chi connectivity index (χ0) is 12.1. The molecule has 0 bridgehead atoms. The third-order valence-electron chi connectivity index (χ3n) is 2.11. The molecule has 1 N–H and O–H groups in total. The van der Waals surface area contributed by atoms with Gasteiger partial charge in [0.25, 0.3) is 0 Å². The Morgan fingerprint density at radius 2 is 2.24 bits per heavy atom. The molecule has 0 aromatic heterocycles. The van der Waals surface area contributed by atoms with Gasteiger partial charge in [0.15, 0.2) is 11.0 Å². The molecular formula is C11H11ClN2OS2. The highest BCUT2D eigenvalue weighted by Gasteiger charge is 2.09. The first-order chi connectivity index (χ1) is 8.25. The number of hydrogen-bond donors (Lipinski definition) is 1. The largest absolute Gasteiger partial charge is 0.309 e. The average Bonchev–Trinajstić information content (AvgIpc) is 2.83. The third kappa shape index (κ3) is 3.94. The van der Waals surface area contributed by atoms with Crippen LogP contribution in [0.3, 0.4) is 0 Å². The molecule has 0 radical (unpaired) electrons. The number of carbonyl (C=O) groups is 1. The van der Waals surface area contributed by atoms with Gasteiger partial charge in [-0.05, 0) is 36.2 Å². The number of nitrogens with zero attached hydrogens (tertiary/aromatic N) is 1. The second kappa shape index (κ2) is 6.33. The van der Waals surface area contributed by atoms with E-state index in [2.05, 4.69) is 9.71 Å². The highest BCUT2D eigenvalue weighted by molar-refractivity contribution is 8.15. The molecule has 0 atom stereocenters. The van der Waals surface area contributed by atoms with Gasteiger partial charge in [0, 0.05) is 16.3 Å². The highest BCUT2D eigenvalue weighted by Crippen LogP contribution is 2.14. The van der Waals surface area contributed by atoms with Crippen LogP contribution in [0.4, 0.5) is 0 Å². The first-order valence-electron chi connectivity index (χ1n) is 5.09. The van der Waals surface area contributed by atoms with Crippen molar-refractivity contribution in [2.24, 2.45) is 4.99 Å². The Morgan fingerprint density at radius 3 is 2.88 bits per heavy atom. The lowest BCUT2D eigenvalue weighted by molar-refractivity contribution is 0.102. The van der Waals surface area contributed by atoms with Crippen molar-refractivity contribution in [3.8, 4) is 0 Å². The molecule has 1 aromatic rings. The Bertz CT molecular complexity index is 434. The summed E-state index contributed by atoms with van der Waals surface area (Å²) >= 11 is 8.81. The molecular weight excluding hydrogens is 276 g/mol. The number of Topliss-reactive ketones (excluding diaryl/α,β-unsaturated/α-hetero) is 1. The SMILES string of the molecule is O=C(CSNC1=NCCS1)c1ccc(Cl)cc1. The van der Waals surface area contributed by atoms with Crippen molar-refractivity contribution >= 4 is 46.3 Å². The van der Waals surface area contributed by atoms with E-state index in [0.29, 0.717) is 16.3 Å². The molecule has 1 aliphatic rings. The van der Waals surface area contributed by atoms with E-state index in [1.807, 2.05) is 0 Å². The maximum Gasteiger partial charge on any atom is 0.174 e. The van der Waals surface area contributed by atoms with E-state index in [9.17, 15) is 4.79 Å². The summed E-state index contributed by atoms with van der Waals surface area (Å²) in [4.78, 5) is 16.0. The Balaban J connectivity index is 1.79. The van der Waals surface area contributed by atoms with Crippen LogP contribution in [0.1, 0.15) is 10.4 Å². The number of nitrogens with one attached hydrogen (secondary N) is 1. The molecule has 0 spiro atoms. The van der Waals surface area contributed by atoms with Crippen molar-refractivity contribution < 1.29 is 4.79 Å². The summed E-state index contributed by atoms with van der Waals surface area (Å²) < 4.78 is 3.08. The van der Waals surface area contributed by atoms with Crippen molar-refractivity contribution in [2.45, 2.75) is 0 Å². The van der Waals surface area contributed by atoms with Crippen LogP contribution in [0.2, 0.25) is 5.02 Å². The maximum absolute atomic E-state index is 11.8. The fourth-order valence-electron chi connectivity index (χ4n) is 1.28. The average molecular weight is 287 g/mol. The van der Waals surface area contributed by atoms with Crippen LogP contribution < -0.4 is 4.72 Å². The zero-order valence-corrected chi connectivity index (χ0v) is 11.4. The van der Waals surface area contributed by atoms with Crippen molar-refractivity contribution in [1.29, 1.82) is 0 Å². The topological polar surface area (TPSA) is 41.5 Å². The van der Waals surface area contributed by atoms with Crippen LogP contribution in [0.5, 0.6) is 0 Å². The van der Waals surface area contributed by atoms with E-state index in [4.69, 9.17) is 11.6 Å². The lowest BCUT2D eigenvalue weighted by Crippen LogP contribution is -2.13. The van der Waals surface area contributed by atoms with Gasteiger partial charge in [-0.1, -0.05) is 23.4 Å². The van der Waals surface area contributed by atoms with Crippen LogP contribution in [0.25, 0.3) is 0 Å². The number of rotatable bonds is 4. The minimum atomic E-state index is 0.0859. The second-order valence-electron chi connectivity index (χ2n) is 3.36. The predicted molar refractivity (Wildman–Crippen MR) is 76.1 cm³/mol. The molecule has 3 nitrogen and oxygen atoms in total. The maximum atomic E-state index is 11.8. The third-order valence-corrected chi connectivity index (χ3v) is 4.13. The predicted octanol–water partition coefficient (Wildman–Crippen LogP) is 2.86. The smallest absolute Gasteiger partial charge is 0.174 e. The van der Waals surface area contributed by atoms with Gasteiger partial charge in [-0.2, -0.15) is 0 Å². The molecule has 6 heteroatoms. The highest BCUT2D eigenvalue weighted by atomic mass is 35.5. The summed E-state index contributed by atoms with van der Waals surface area (Å²) in [5.41, 5.74) is 0.685. The lowest BCUT2D eigenvalue weighted by atomic mass is 10.1. The van der Waals surface area contributed by atoms with Crippen molar-refractivity contribution in [3.05, 3.63) is 34.9 Å². The van der Waals surface area contributed by atoms with Crippen LogP contribution in [-0.2, 0) is 0 Å². The number of thioether (sulfide) groups is 1. The summed E-state index contributed by atoms with van der Waals surface area (Å²) in [5, 5.41) is 1.56. The molecule has 1 aliphatic heterocycles. The van der Waals surface area contributed by atoms with E-state index >= 15 is 0 Å². The van der Waals surface area contributed by atoms with Gasteiger partial charge in [-0.15, -0.1) is 0 Å². The van der Waals surface area contributed by atoms with Crippen LogP contribution in [0.15, 0.2) is 29.3 Å². The van der Waals surface area contributed by atoms with E-state index in [1.54, 1.807) is 36.0 Å². The first kappa shape index (κ1) is 12.8. The molecule has 17 heavy (non-hydrogen) atoms. The van der Waals surface area contributed by atoms with E-state index < -0.39 is 0 Å². The van der Waals surface area contributed by atoms with Gasteiger partial charge in [0.1, 0.15) is 0 Å². The van der Waals surface area contributed by atoms with Crippen molar-refractivity contribution in [2.75, 3.05) is 18.1 Å². The molecule has 2 rings (SSSR count). The molecule has 0 amide bonds. The monoisotopic (exact) mass is 286 g/mol. The molecule has 0 saturated heterocycles. The molecule has 1 aromatic carbocycles. The van der Waals surface area contributed by atoms with Gasteiger partial charge >= 0.3 is 0 Å². The molecule has 0 aliphatic carbocycles. The Morgan fingerprint density at radius 1 is 1.47 bits per heavy atom. The van der Waals surface area contributed by atoms with E-state index in [-0.39, 0.29) is 5.78 Å². The van der Waals surface area contributed by atoms with Gasteiger partial charge in [0.05, 0.1) is 12.3 Å². The van der Waals surface area contributed by atoms with Gasteiger partial charge in [0.2, 0.25) is 0 Å². The molecule has 0 saturated carbocycles. The number of benzene rings is 1. The number of hydrogen-bond acceptors (Lipinski definition) is 5. The number of aliphatic imine (C=N–C) groups is 1. The van der Waals surface area contributed by atoms with E-state index in [1.165, 1.54) is 11.9 Å². The summed E-state index contributed by atoms with van der Waals surface area (Å²) in [7, 11) is 0. The van der Waals surface area contributed by atoms with E-state index in [0.717, 1.165) is 17.5 Å². The molecule has 0 fully saturated rings. The molecule has 1 heterocycles. The number of carbonyl (C=O) groups excluding carboxylic acids is 1. The summed E-state index contributed by atoms with van der Waals surface area (Å²) in [6, 6.07) is 6.94. The second-order valence-corrected chi connectivity index (χ2v) is 5.66. The number of halogens is 1. The van der Waals surface area contributed by atoms with Gasteiger partial charge < -0.3 is 4.72 Å². The van der Waals surface area contributed by atoms with Crippen molar-refractivity contribution in [3.63, 3.8) is 0 Å². The van der Waals surface area contributed by atoms with Crippen LogP contribution >= 0.6 is 35.3 Å². The van der Waals surface area contributed by atoms with Crippen LogP contribution in [0, 0.1) is 0 Å². The quantitative estimate of drug-likeness (QED) is 0.683. The standard InChI is InChI=1S/C11H11ClN2OS2/c12-9-3-1-8(2-4-9)10(15)7-17-14-11-13-5-6-16-11/h1-4H,5-7H2,(H,13,14). The Kier molecular flexibility index (Phi) is 4.76. The van der Waals surface area contributed by atoms with Gasteiger partial charge in [-0.25, -0.2) is 0 Å². The lowest BCUT2D eigenvalue weighted by Gasteiger charge is -2.03. The fourth-order valence-corrected chi connectivity index (χ4v) is 2.93. The Hall–Kier alpha value is -0.650. The molecule has 90 valence electrons. The fraction of sp³-hybridized carbons (Fsp3) is 0.273. The summed E-state index contributed by atoms with van der Waals surface area (Å²) in [6.45, 7) is 0.860. The van der Waals surface area contributed by atoms with Gasteiger partial charge in [-0.3, -0.25) is 9.79 Å². The normalized spacial score (nSPS) is 14.5. The number of amidine groups is 1. The number of ketones is 1. The minimum absolute atomic E-state index is 0.0859. The Labute approximate surface area is 114 Å². The van der Waals surface area contributed by atoms with Crippen LogP contribution in [-0.4, -0.2) is 29.0 Å². The summed E-state index contributed by atoms with van der Waals surface area (Å²) in [5.74, 6) is 1.50. The van der Waals surface area contributed by atoms with Crippen molar-refractivity contribution in [1.82, 2.24) is 4.72 Å².